The number of rotatable bonds is 3. The van der Waals surface area contributed by atoms with Crippen molar-refractivity contribution in [1.82, 2.24) is 15.2 Å². The van der Waals surface area contributed by atoms with Crippen molar-refractivity contribution in [3.63, 3.8) is 0 Å². The molecule has 2 atom stereocenters. The molecule has 1 N–H and O–H groups in total. The van der Waals surface area contributed by atoms with Crippen LogP contribution in [-0.2, 0) is 0 Å². The third-order valence-electron chi connectivity index (χ3n) is 3.96. The molecule has 0 radical (unpaired) electrons. The molecule has 2 aliphatic rings. The third kappa shape index (κ3) is 3.85. The molecule has 2 aliphatic heterocycles. The van der Waals surface area contributed by atoms with Gasteiger partial charge < -0.3 is 5.32 Å². The van der Waals surface area contributed by atoms with E-state index in [4.69, 9.17) is 0 Å². The predicted molar refractivity (Wildman–Crippen MR) is 84.1 cm³/mol. The van der Waals surface area contributed by atoms with Crippen molar-refractivity contribution >= 4 is 24.2 Å². The summed E-state index contributed by atoms with van der Waals surface area (Å²) in [4.78, 5) is 6.80. The fourth-order valence-corrected chi connectivity index (χ4v) is 4.21. The molecule has 2 saturated heterocycles. The molecule has 3 heterocycles. The standard InChI is InChI=1S/C14H21N3S.ClH/c1-4-15-5-2-13(1)14-9-16-6-7-17(14)10-12-3-8-18-11-12;/h1-2,4-5,12,14,16H,3,6-11H2;1H. The van der Waals surface area contributed by atoms with Gasteiger partial charge in [0.25, 0.3) is 0 Å². The van der Waals surface area contributed by atoms with Crippen LogP contribution in [0.2, 0.25) is 0 Å². The van der Waals surface area contributed by atoms with E-state index in [9.17, 15) is 0 Å². The minimum absolute atomic E-state index is 0. The van der Waals surface area contributed by atoms with Crippen molar-refractivity contribution in [2.75, 3.05) is 37.7 Å². The van der Waals surface area contributed by atoms with Crippen molar-refractivity contribution in [3.05, 3.63) is 30.1 Å². The molecule has 3 rings (SSSR count). The molecule has 3 nitrogen and oxygen atoms in total. The Labute approximate surface area is 126 Å². The summed E-state index contributed by atoms with van der Waals surface area (Å²) in [7, 11) is 0. The molecule has 1 aromatic rings. The quantitative estimate of drug-likeness (QED) is 0.926. The van der Waals surface area contributed by atoms with Crippen LogP contribution in [0.3, 0.4) is 0 Å². The van der Waals surface area contributed by atoms with Gasteiger partial charge in [0.05, 0.1) is 0 Å². The number of hydrogen-bond acceptors (Lipinski definition) is 4. The first-order chi connectivity index (χ1) is 8.93. The lowest BCUT2D eigenvalue weighted by Crippen LogP contribution is -2.47. The Morgan fingerprint density at radius 2 is 2.21 bits per heavy atom. The van der Waals surface area contributed by atoms with Gasteiger partial charge in [-0.1, -0.05) is 0 Å². The Morgan fingerprint density at radius 1 is 1.37 bits per heavy atom. The first kappa shape index (κ1) is 15.1. The first-order valence-electron chi connectivity index (χ1n) is 6.86. The van der Waals surface area contributed by atoms with E-state index < -0.39 is 0 Å². The van der Waals surface area contributed by atoms with E-state index in [2.05, 4.69) is 39.1 Å². The number of nitrogens with zero attached hydrogens (tertiary/aromatic N) is 2. The lowest BCUT2D eigenvalue weighted by atomic mass is 10.0. The van der Waals surface area contributed by atoms with Crippen molar-refractivity contribution in [2.24, 2.45) is 5.92 Å². The molecule has 0 bridgehead atoms. The maximum atomic E-state index is 4.13. The molecule has 0 aliphatic carbocycles. The Hall–Kier alpha value is -0.290. The van der Waals surface area contributed by atoms with E-state index in [1.165, 1.54) is 36.6 Å². The highest BCUT2D eigenvalue weighted by molar-refractivity contribution is 7.99. The van der Waals surface area contributed by atoms with Gasteiger partial charge in [-0.2, -0.15) is 11.8 Å². The zero-order valence-electron chi connectivity index (χ0n) is 11.1. The first-order valence-corrected chi connectivity index (χ1v) is 8.01. The molecule has 19 heavy (non-hydrogen) atoms. The van der Waals surface area contributed by atoms with Crippen LogP contribution in [0.5, 0.6) is 0 Å². The minimum Gasteiger partial charge on any atom is -0.314 e. The van der Waals surface area contributed by atoms with E-state index in [1.54, 1.807) is 0 Å². The van der Waals surface area contributed by atoms with Gasteiger partial charge in [-0.05, 0) is 41.5 Å². The molecule has 106 valence electrons. The fourth-order valence-electron chi connectivity index (χ4n) is 2.94. The van der Waals surface area contributed by atoms with Gasteiger partial charge in [-0.25, -0.2) is 0 Å². The average molecular weight is 300 g/mol. The highest BCUT2D eigenvalue weighted by atomic mass is 35.5. The Morgan fingerprint density at radius 3 is 2.95 bits per heavy atom. The number of aromatic nitrogens is 1. The molecule has 0 saturated carbocycles. The minimum atomic E-state index is 0. The van der Waals surface area contributed by atoms with Crippen LogP contribution in [0.25, 0.3) is 0 Å². The summed E-state index contributed by atoms with van der Waals surface area (Å²) in [5.74, 6) is 3.61. The van der Waals surface area contributed by atoms with Gasteiger partial charge in [-0.3, -0.25) is 9.88 Å². The van der Waals surface area contributed by atoms with E-state index in [-0.39, 0.29) is 12.4 Å². The number of thioether (sulfide) groups is 1. The maximum absolute atomic E-state index is 4.13. The third-order valence-corrected chi connectivity index (χ3v) is 5.19. The van der Waals surface area contributed by atoms with Crippen molar-refractivity contribution < 1.29 is 0 Å². The average Bonchev–Trinajstić information content (AvgIpc) is 2.93. The molecule has 0 spiro atoms. The van der Waals surface area contributed by atoms with Gasteiger partial charge in [0.1, 0.15) is 0 Å². The van der Waals surface area contributed by atoms with Crippen molar-refractivity contribution in [1.29, 1.82) is 0 Å². The lowest BCUT2D eigenvalue weighted by Gasteiger charge is -2.37. The zero-order valence-corrected chi connectivity index (χ0v) is 12.8. The summed E-state index contributed by atoms with van der Waals surface area (Å²) in [6.45, 7) is 4.64. The molecule has 2 fully saturated rings. The molecule has 0 aromatic carbocycles. The van der Waals surface area contributed by atoms with Crippen molar-refractivity contribution in [2.45, 2.75) is 12.5 Å². The van der Waals surface area contributed by atoms with Gasteiger partial charge in [-0.15, -0.1) is 12.4 Å². The summed E-state index contributed by atoms with van der Waals surface area (Å²) in [5.41, 5.74) is 1.41. The molecule has 2 unspecified atom stereocenters. The fraction of sp³-hybridized carbons (Fsp3) is 0.643. The second-order valence-corrected chi connectivity index (χ2v) is 6.37. The van der Waals surface area contributed by atoms with Crippen LogP contribution in [0.1, 0.15) is 18.0 Å². The predicted octanol–water partition coefficient (Wildman–Crippen LogP) is 2.20. The number of hydrogen-bond donors (Lipinski definition) is 1. The topological polar surface area (TPSA) is 28.2 Å². The smallest absolute Gasteiger partial charge is 0.0474 e. The summed E-state index contributed by atoms with van der Waals surface area (Å²) in [5, 5.41) is 3.52. The summed E-state index contributed by atoms with van der Waals surface area (Å²) < 4.78 is 0. The van der Waals surface area contributed by atoms with Crippen LogP contribution in [0.15, 0.2) is 24.5 Å². The van der Waals surface area contributed by atoms with E-state index >= 15 is 0 Å². The SMILES string of the molecule is Cl.c1cc(C2CNCCN2CC2CCSC2)ccn1. The summed E-state index contributed by atoms with van der Waals surface area (Å²) in [6, 6.07) is 4.86. The lowest BCUT2D eigenvalue weighted by molar-refractivity contribution is 0.142. The number of halogens is 1. The van der Waals surface area contributed by atoms with E-state index in [1.807, 2.05) is 12.4 Å². The van der Waals surface area contributed by atoms with Crippen LogP contribution < -0.4 is 5.32 Å². The largest absolute Gasteiger partial charge is 0.314 e. The van der Waals surface area contributed by atoms with Crippen LogP contribution in [0.4, 0.5) is 0 Å². The van der Waals surface area contributed by atoms with Crippen molar-refractivity contribution in [3.8, 4) is 0 Å². The molecular weight excluding hydrogens is 278 g/mol. The van der Waals surface area contributed by atoms with E-state index in [0.29, 0.717) is 6.04 Å². The molecular formula is C14H22ClN3S. The highest BCUT2D eigenvalue weighted by Gasteiger charge is 2.27. The normalized spacial score (nSPS) is 28.0. The Balaban J connectivity index is 0.00000133. The van der Waals surface area contributed by atoms with Crippen LogP contribution >= 0.6 is 24.2 Å². The second-order valence-electron chi connectivity index (χ2n) is 5.23. The number of piperazine rings is 1. The molecule has 1 aromatic heterocycles. The Bertz CT molecular complexity index is 370. The number of nitrogens with one attached hydrogen (secondary N) is 1. The second kappa shape index (κ2) is 7.48. The van der Waals surface area contributed by atoms with Gasteiger partial charge in [0.2, 0.25) is 0 Å². The zero-order chi connectivity index (χ0) is 12.2. The number of pyridine rings is 1. The Kier molecular flexibility index (Phi) is 5.95. The maximum Gasteiger partial charge on any atom is 0.0474 e. The summed E-state index contributed by atoms with van der Waals surface area (Å²) in [6.07, 6.45) is 5.22. The van der Waals surface area contributed by atoms with Crippen LogP contribution in [0, 0.1) is 5.92 Å². The van der Waals surface area contributed by atoms with Gasteiger partial charge in [0, 0.05) is 44.6 Å². The van der Waals surface area contributed by atoms with E-state index in [0.717, 1.165) is 19.0 Å². The van der Waals surface area contributed by atoms with Gasteiger partial charge >= 0.3 is 0 Å². The monoisotopic (exact) mass is 299 g/mol. The molecule has 0 amide bonds. The van der Waals surface area contributed by atoms with Crippen LogP contribution in [-0.4, -0.2) is 47.6 Å². The highest BCUT2D eigenvalue weighted by Crippen LogP contribution is 2.28. The van der Waals surface area contributed by atoms with Gasteiger partial charge in [0.15, 0.2) is 0 Å². The summed E-state index contributed by atoms with van der Waals surface area (Å²) >= 11 is 2.12. The molecule has 5 heteroatoms.